The SMILES string of the molecule is O=C(O)CN(C1CC(Cc2ccc(Cl)cc2)(c2cc(F)ccc2F)C1)S(=O)(=O)C(F)(F)F. The number of benzene rings is 2. The third-order valence-corrected chi connectivity index (χ3v) is 7.39. The maximum Gasteiger partial charge on any atom is 0.511 e. The average molecular weight is 498 g/mol. The van der Waals surface area contributed by atoms with Gasteiger partial charge in [0.15, 0.2) is 0 Å². The van der Waals surface area contributed by atoms with E-state index in [0.717, 1.165) is 18.2 Å². The molecule has 0 heterocycles. The van der Waals surface area contributed by atoms with Gasteiger partial charge in [0.1, 0.15) is 18.2 Å². The van der Waals surface area contributed by atoms with Gasteiger partial charge >= 0.3 is 21.5 Å². The molecule has 1 N–H and O–H groups in total. The number of aliphatic carboxylic acids is 1. The van der Waals surface area contributed by atoms with Gasteiger partial charge < -0.3 is 5.11 Å². The zero-order chi connectivity index (χ0) is 23.9. The smallest absolute Gasteiger partial charge is 0.480 e. The van der Waals surface area contributed by atoms with Gasteiger partial charge in [0.2, 0.25) is 0 Å². The van der Waals surface area contributed by atoms with Gasteiger partial charge in [-0.3, -0.25) is 4.79 Å². The van der Waals surface area contributed by atoms with E-state index in [0.29, 0.717) is 10.6 Å². The first kappa shape index (κ1) is 24.4. The van der Waals surface area contributed by atoms with Crippen molar-refractivity contribution in [3.05, 3.63) is 70.2 Å². The summed E-state index contributed by atoms with van der Waals surface area (Å²) in [6, 6.07) is 7.63. The van der Waals surface area contributed by atoms with E-state index in [9.17, 15) is 35.2 Å². The van der Waals surface area contributed by atoms with Crippen LogP contribution >= 0.6 is 11.6 Å². The highest BCUT2D eigenvalue weighted by atomic mass is 35.5. The zero-order valence-corrected chi connectivity index (χ0v) is 17.8. The Morgan fingerprint density at radius 1 is 1.12 bits per heavy atom. The van der Waals surface area contributed by atoms with Crippen molar-refractivity contribution in [2.75, 3.05) is 6.54 Å². The minimum absolute atomic E-state index is 0.0496. The summed E-state index contributed by atoms with van der Waals surface area (Å²) >= 11 is 5.85. The molecule has 0 unspecified atom stereocenters. The first-order valence-electron chi connectivity index (χ1n) is 9.25. The maximum absolute atomic E-state index is 14.6. The minimum Gasteiger partial charge on any atom is -0.480 e. The molecular weight excluding hydrogens is 481 g/mol. The van der Waals surface area contributed by atoms with Gasteiger partial charge in [-0.15, -0.1) is 0 Å². The van der Waals surface area contributed by atoms with Gasteiger partial charge in [-0.2, -0.15) is 17.5 Å². The Labute approximate surface area is 185 Å². The Kier molecular flexibility index (Phi) is 6.56. The van der Waals surface area contributed by atoms with Crippen LogP contribution in [-0.2, 0) is 26.7 Å². The highest BCUT2D eigenvalue weighted by Crippen LogP contribution is 2.51. The molecule has 0 spiro atoms. The van der Waals surface area contributed by atoms with E-state index >= 15 is 0 Å². The molecule has 2 aromatic rings. The monoisotopic (exact) mass is 497 g/mol. The first-order chi connectivity index (χ1) is 14.7. The van der Waals surface area contributed by atoms with Gasteiger partial charge in [-0.25, -0.2) is 17.2 Å². The van der Waals surface area contributed by atoms with Gasteiger partial charge in [0.25, 0.3) is 0 Å². The lowest BCUT2D eigenvalue weighted by atomic mass is 9.58. The average Bonchev–Trinajstić information content (AvgIpc) is 2.65. The van der Waals surface area contributed by atoms with Gasteiger partial charge in [-0.1, -0.05) is 23.7 Å². The Bertz CT molecular complexity index is 1120. The number of hydrogen-bond acceptors (Lipinski definition) is 3. The fourth-order valence-corrected chi connectivity index (χ4v) is 5.29. The number of carboxylic acid groups (broad SMARTS) is 1. The molecule has 32 heavy (non-hydrogen) atoms. The van der Waals surface area contributed by atoms with Crippen LogP contribution in [0.4, 0.5) is 22.0 Å². The van der Waals surface area contributed by atoms with Crippen LogP contribution in [0.1, 0.15) is 24.0 Å². The van der Waals surface area contributed by atoms with Crippen molar-refractivity contribution in [3.8, 4) is 0 Å². The van der Waals surface area contributed by atoms with E-state index in [1.54, 1.807) is 24.3 Å². The molecule has 0 aliphatic heterocycles. The van der Waals surface area contributed by atoms with Crippen molar-refractivity contribution >= 4 is 27.6 Å². The Morgan fingerprint density at radius 2 is 1.72 bits per heavy atom. The van der Waals surface area contributed by atoms with E-state index < -0.39 is 51.1 Å². The fourth-order valence-electron chi connectivity index (χ4n) is 4.08. The van der Waals surface area contributed by atoms with Crippen molar-refractivity contribution in [3.63, 3.8) is 0 Å². The van der Waals surface area contributed by atoms with Crippen molar-refractivity contribution in [2.24, 2.45) is 0 Å². The van der Waals surface area contributed by atoms with Crippen molar-refractivity contribution in [2.45, 2.75) is 36.2 Å². The summed E-state index contributed by atoms with van der Waals surface area (Å²) in [5, 5.41) is 9.39. The second kappa shape index (κ2) is 8.60. The maximum atomic E-state index is 14.6. The van der Waals surface area contributed by atoms with E-state index in [1.807, 2.05) is 0 Å². The molecule has 0 radical (unpaired) electrons. The van der Waals surface area contributed by atoms with Crippen molar-refractivity contribution in [1.82, 2.24) is 4.31 Å². The molecule has 174 valence electrons. The quantitative estimate of drug-likeness (QED) is 0.572. The molecule has 1 fully saturated rings. The molecule has 0 bridgehead atoms. The third kappa shape index (κ3) is 4.74. The predicted octanol–water partition coefficient (Wildman–Crippen LogP) is 4.50. The summed E-state index contributed by atoms with van der Waals surface area (Å²) in [6.07, 6.45) is -0.620. The molecule has 0 atom stereocenters. The first-order valence-corrected chi connectivity index (χ1v) is 11.1. The summed E-state index contributed by atoms with van der Waals surface area (Å²) in [5.74, 6) is -3.35. The Balaban J connectivity index is 2.01. The standard InChI is InChI=1S/C20H17ClF5NO4S/c21-13-3-1-12(2-4-13)8-19(16-7-14(22)5-6-17(16)23)9-15(10-19)27(11-18(28)29)32(30,31)20(24,25)26/h1-7,15H,8-11H2,(H,28,29). The molecule has 3 rings (SSSR count). The van der Waals surface area contributed by atoms with Crippen molar-refractivity contribution < 1.29 is 40.3 Å². The topological polar surface area (TPSA) is 74.7 Å². The molecule has 1 saturated carbocycles. The van der Waals surface area contributed by atoms with Crippen LogP contribution in [0.15, 0.2) is 42.5 Å². The number of rotatable bonds is 7. The molecule has 2 aromatic carbocycles. The zero-order valence-electron chi connectivity index (χ0n) is 16.2. The van der Waals surface area contributed by atoms with Crippen LogP contribution in [0, 0.1) is 11.6 Å². The van der Waals surface area contributed by atoms with Gasteiger partial charge in [0, 0.05) is 16.5 Å². The predicted molar refractivity (Wildman–Crippen MR) is 106 cm³/mol. The fraction of sp³-hybridized carbons (Fsp3) is 0.350. The number of carboxylic acids is 1. The molecular formula is C20H17ClF5NO4S. The normalized spacial score (nSPS) is 21.4. The highest BCUT2D eigenvalue weighted by Gasteiger charge is 2.58. The van der Waals surface area contributed by atoms with E-state index in [4.69, 9.17) is 16.7 Å². The summed E-state index contributed by atoms with van der Waals surface area (Å²) in [5.41, 5.74) is -6.47. The number of alkyl halides is 3. The lowest BCUT2D eigenvalue weighted by Crippen LogP contribution is -2.59. The summed E-state index contributed by atoms with van der Waals surface area (Å²) in [7, 11) is -5.96. The molecule has 1 aliphatic rings. The van der Waals surface area contributed by atoms with Crippen LogP contribution < -0.4 is 0 Å². The van der Waals surface area contributed by atoms with E-state index in [1.165, 1.54) is 0 Å². The summed E-state index contributed by atoms with van der Waals surface area (Å²) in [4.78, 5) is 11.1. The van der Waals surface area contributed by atoms with Crippen LogP contribution in [0.3, 0.4) is 0 Å². The number of carbonyl (C=O) groups is 1. The second-order valence-corrected chi connectivity index (χ2v) is 9.98. The molecule has 0 aromatic heterocycles. The molecule has 1 aliphatic carbocycles. The third-order valence-electron chi connectivity index (χ3n) is 5.51. The van der Waals surface area contributed by atoms with Gasteiger partial charge in [-0.05, 0) is 60.7 Å². The number of sulfonamides is 1. The number of hydrogen-bond donors (Lipinski definition) is 1. The Morgan fingerprint density at radius 3 is 2.25 bits per heavy atom. The number of nitrogens with zero attached hydrogens (tertiary/aromatic N) is 1. The second-order valence-electron chi connectivity index (χ2n) is 7.66. The summed E-state index contributed by atoms with van der Waals surface area (Å²) < 4.78 is 91.7. The highest BCUT2D eigenvalue weighted by molar-refractivity contribution is 7.90. The van der Waals surface area contributed by atoms with E-state index in [2.05, 4.69) is 0 Å². The molecule has 0 saturated heterocycles. The van der Waals surface area contributed by atoms with E-state index in [-0.39, 0.29) is 29.1 Å². The van der Waals surface area contributed by atoms with Crippen LogP contribution in [0.25, 0.3) is 0 Å². The number of halogens is 6. The largest absolute Gasteiger partial charge is 0.511 e. The molecule has 5 nitrogen and oxygen atoms in total. The van der Waals surface area contributed by atoms with Gasteiger partial charge in [0.05, 0.1) is 0 Å². The van der Waals surface area contributed by atoms with Crippen LogP contribution in [0.2, 0.25) is 5.02 Å². The molecule has 12 heteroatoms. The minimum atomic E-state index is -5.96. The Hall–Kier alpha value is -2.24. The summed E-state index contributed by atoms with van der Waals surface area (Å²) in [6.45, 7) is -1.41. The van der Waals surface area contributed by atoms with Crippen LogP contribution in [0.5, 0.6) is 0 Å². The van der Waals surface area contributed by atoms with Crippen molar-refractivity contribution in [1.29, 1.82) is 0 Å². The lowest BCUT2D eigenvalue weighted by molar-refractivity contribution is -0.138. The lowest BCUT2D eigenvalue weighted by Gasteiger charge is -2.51. The molecule has 0 amide bonds. The van der Waals surface area contributed by atoms with Crippen LogP contribution in [-0.4, -0.2) is 41.9 Å².